The van der Waals surface area contributed by atoms with Crippen molar-refractivity contribution in [2.75, 3.05) is 27.2 Å². The standard InChI is InChI=1S/C18H34N2O/c1-4-13-19-17(16-10-9-14-21-15-16)18(20(2)3)11-7-5-6-8-12-18/h15,17,19H,4-14H2,1-3H3. The Morgan fingerprint density at radius 1 is 1.19 bits per heavy atom. The monoisotopic (exact) mass is 294 g/mol. The highest BCUT2D eigenvalue weighted by molar-refractivity contribution is 5.19. The number of nitrogens with zero attached hydrogens (tertiary/aromatic N) is 1. The molecule has 1 N–H and O–H groups in total. The summed E-state index contributed by atoms with van der Waals surface area (Å²) in [4.78, 5) is 2.50. The second-order valence-electron chi connectivity index (χ2n) is 6.97. The molecule has 1 saturated carbocycles. The van der Waals surface area contributed by atoms with Gasteiger partial charge in [0.25, 0.3) is 0 Å². The molecule has 0 aromatic rings. The topological polar surface area (TPSA) is 24.5 Å². The molecule has 0 amide bonds. The van der Waals surface area contributed by atoms with Gasteiger partial charge in [-0.1, -0.05) is 32.6 Å². The molecule has 1 heterocycles. The Morgan fingerprint density at radius 3 is 2.43 bits per heavy atom. The first-order valence-corrected chi connectivity index (χ1v) is 8.92. The van der Waals surface area contributed by atoms with Gasteiger partial charge in [0.05, 0.1) is 12.9 Å². The fourth-order valence-electron chi connectivity index (χ4n) is 4.09. The fourth-order valence-corrected chi connectivity index (χ4v) is 4.09. The Hall–Kier alpha value is -0.540. The van der Waals surface area contributed by atoms with Crippen LogP contribution < -0.4 is 5.32 Å². The Kier molecular flexibility index (Phi) is 6.56. The third kappa shape index (κ3) is 4.01. The molecule has 3 heteroatoms. The highest BCUT2D eigenvalue weighted by Gasteiger charge is 2.42. The van der Waals surface area contributed by atoms with Crippen LogP contribution in [0.3, 0.4) is 0 Å². The van der Waals surface area contributed by atoms with Crippen LogP contribution in [-0.4, -0.2) is 43.7 Å². The summed E-state index contributed by atoms with van der Waals surface area (Å²) in [5, 5.41) is 3.87. The van der Waals surface area contributed by atoms with Gasteiger partial charge in [0.15, 0.2) is 0 Å². The third-order valence-corrected chi connectivity index (χ3v) is 5.33. The summed E-state index contributed by atoms with van der Waals surface area (Å²) < 4.78 is 5.67. The molecular weight excluding hydrogens is 260 g/mol. The number of hydrogen-bond donors (Lipinski definition) is 1. The molecular formula is C18H34N2O. The number of rotatable bonds is 6. The second-order valence-corrected chi connectivity index (χ2v) is 6.97. The van der Waals surface area contributed by atoms with E-state index in [-0.39, 0.29) is 5.54 Å². The molecule has 2 aliphatic rings. The van der Waals surface area contributed by atoms with Gasteiger partial charge in [-0.25, -0.2) is 0 Å². The largest absolute Gasteiger partial charge is 0.501 e. The average molecular weight is 294 g/mol. The molecule has 0 aromatic carbocycles. The normalized spacial score (nSPS) is 24.1. The van der Waals surface area contributed by atoms with Gasteiger partial charge >= 0.3 is 0 Å². The molecule has 0 radical (unpaired) electrons. The first-order valence-electron chi connectivity index (χ1n) is 8.92. The van der Waals surface area contributed by atoms with Gasteiger partial charge in [0.1, 0.15) is 0 Å². The van der Waals surface area contributed by atoms with Crippen molar-refractivity contribution in [3.05, 3.63) is 11.8 Å². The summed E-state index contributed by atoms with van der Waals surface area (Å²) >= 11 is 0. The quantitative estimate of drug-likeness (QED) is 0.756. The van der Waals surface area contributed by atoms with Crippen LogP contribution in [0.5, 0.6) is 0 Å². The van der Waals surface area contributed by atoms with E-state index >= 15 is 0 Å². The van der Waals surface area contributed by atoms with Crippen LogP contribution in [-0.2, 0) is 4.74 Å². The SMILES string of the molecule is CCCNC(C1=COCCC1)C1(N(C)C)CCCCCC1. The number of nitrogens with one attached hydrogen (secondary N) is 1. The van der Waals surface area contributed by atoms with Crippen LogP contribution in [0.1, 0.15) is 64.7 Å². The van der Waals surface area contributed by atoms with Crippen molar-refractivity contribution in [2.45, 2.75) is 76.3 Å². The highest BCUT2D eigenvalue weighted by Crippen LogP contribution is 2.38. The van der Waals surface area contributed by atoms with E-state index in [1.807, 2.05) is 0 Å². The maximum absolute atomic E-state index is 5.67. The zero-order valence-electron chi connectivity index (χ0n) is 14.3. The average Bonchev–Trinajstić information content (AvgIpc) is 2.76. The van der Waals surface area contributed by atoms with Gasteiger partial charge < -0.3 is 15.0 Å². The zero-order chi connectivity index (χ0) is 15.1. The molecule has 1 aliphatic carbocycles. The van der Waals surface area contributed by atoms with E-state index in [4.69, 9.17) is 4.74 Å². The van der Waals surface area contributed by atoms with E-state index in [9.17, 15) is 0 Å². The van der Waals surface area contributed by atoms with Crippen molar-refractivity contribution in [1.29, 1.82) is 0 Å². The Labute approximate surface area is 131 Å². The molecule has 1 aliphatic heterocycles. The Bertz CT molecular complexity index is 330. The summed E-state index contributed by atoms with van der Waals surface area (Å²) in [6.45, 7) is 4.24. The molecule has 0 aromatic heterocycles. The number of hydrogen-bond acceptors (Lipinski definition) is 3. The minimum Gasteiger partial charge on any atom is -0.501 e. The van der Waals surface area contributed by atoms with E-state index < -0.39 is 0 Å². The van der Waals surface area contributed by atoms with Gasteiger partial charge in [0, 0.05) is 11.6 Å². The van der Waals surface area contributed by atoms with E-state index in [1.54, 1.807) is 0 Å². The third-order valence-electron chi connectivity index (χ3n) is 5.33. The van der Waals surface area contributed by atoms with Crippen molar-refractivity contribution in [3.63, 3.8) is 0 Å². The van der Waals surface area contributed by atoms with E-state index in [0.29, 0.717) is 6.04 Å². The van der Waals surface area contributed by atoms with E-state index in [2.05, 4.69) is 37.5 Å². The molecule has 1 atom stereocenters. The van der Waals surface area contributed by atoms with Gasteiger partial charge in [-0.3, -0.25) is 0 Å². The predicted molar refractivity (Wildman–Crippen MR) is 89.5 cm³/mol. The maximum atomic E-state index is 5.67. The van der Waals surface area contributed by atoms with Gasteiger partial charge in [0.2, 0.25) is 0 Å². The van der Waals surface area contributed by atoms with Crippen molar-refractivity contribution >= 4 is 0 Å². The van der Waals surface area contributed by atoms with Crippen LogP contribution in [0.2, 0.25) is 0 Å². The molecule has 0 saturated heterocycles. The summed E-state index contributed by atoms with van der Waals surface area (Å²) in [5.74, 6) is 0. The van der Waals surface area contributed by atoms with E-state index in [1.165, 1.54) is 63.4 Å². The molecule has 2 rings (SSSR count). The summed E-state index contributed by atoms with van der Waals surface area (Å²) in [7, 11) is 4.55. The molecule has 1 fully saturated rings. The van der Waals surface area contributed by atoms with Crippen LogP contribution in [0.15, 0.2) is 11.8 Å². The number of likely N-dealkylation sites (N-methyl/N-ethyl adjacent to an activating group) is 1. The lowest BCUT2D eigenvalue weighted by Gasteiger charge is -2.47. The van der Waals surface area contributed by atoms with Gasteiger partial charge in [-0.15, -0.1) is 0 Å². The Balaban J connectivity index is 2.26. The van der Waals surface area contributed by atoms with Gasteiger partial charge in [-0.05, 0) is 58.3 Å². The van der Waals surface area contributed by atoms with Crippen molar-refractivity contribution in [2.24, 2.45) is 0 Å². The molecule has 21 heavy (non-hydrogen) atoms. The van der Waals surface area contributed by atoms with Crippen molar-refractivity contribution < 1.29 is 4.74 Å². The molecule has 122 valence electrons. The number of ether oxygens (including phenoxy) is 1. The van der Waals surface area contributed by atoms with Crippen LogP contribution >= 0.6 is 0 Å². The lowest BCUT2D eigenvalue weighted by atomic mass is 9.76. The van der Waals surface area contributed by atoms with Crippen LogP contribution in [0, 0.1) is 0 Å². The zero-order valence-corrected chi connectivity index (χ0v) is 14.3. The minimum absolute atomic E-state index is 0.262. The van der Waals surface area contributed by atoms with Crippen LogP contribution in [0.4, 0.5) is 0 Å². The van der Waals surface area contributed by atoms with E-state index in [0.717, 1.165) is 13.2 Å². The highest BCUT2D eigenvalue weighted by atomic mass is 16.5. The fraction of sp³-hybridized carbons (Fsp3) is 0.889. The lowest BCUT2D eigenvalue weighted by Crippen LogP contribution is -2.60. The second kappa shape index (κ2) is 8.19. The lowest BCUT2D eigenvalue weighted by molar-refractivity contribution is 0.0873. The first kappa shape index (κ1) is 16.8. The summed E-state index contributed by atoms with van der Waals surface area (Å²) in [5.41, 5.74) is 1.75. The van der Waals surface area contributed by atoms with Crippen molar-refractivity contribution in [1.82, 2.24) is 10.2 Å². The maximum Gasteiger partial charge on any atom is 0.0876 e. The molecule has 3 nitrogen and oxygen atoms in total. The smallest absolute Gasteiger partial charge is 0.0876 e. The van der Waals surface area contributed by atoms with Crippen LogP contribution in [0.25, 0.3) is 0 Å². The molecule has 0 spiro atoms. The minimum atomic E-state index is 0.262. The molecule has 1 unspecified atom stereocenters. The summed E-state index contributed by atoms with van der Waals surface area (Å²) in [6, 6.07) is 0.450. The Morgan fingerprint density at radius 2 is 1.90 bits per heavy atom. The van der Waals surface area contributed by atoms with Crippen molar-refractivity contribution in [3.8, 4) is 0 Å². The first-order chi connectivity index (χ1) is 10.2. The van der Waals surface area contributed by atoms with Gasteiger partial charge in [-0.2, -0.15) is 0 Å². The summed E-state index contributed by atoms with van der Waals surface area (Å²) in [6.07, 6.45) is 13.7. The predicted octanol–water partition coefficient (Wildman–Crippen LogP) is 3.70. The molecule has 0 bridgehead atoms.